The van der Waals surface area contributed by atoms with Crippen molar-refractivity contribution in [2.75, 3.05) is 5.32 Å². The Kier molecular flexibility index (Phi) is 5.12. The minimum Gasteiger partial charge on any atom is -0.469 e. The predicted octanol–water partition coefficient (Wildman–Crippen LogP) is 3.47. The molecule has 6 heteroatoms. The van der Waals surface area contributed by atoms with Gasteiger partial charge in [-0.15, -0.1) is 0 Å². The summed E-state index contributed by atoms with van der Waals surface area (Å²) in [4.78, 5) is 28.4. The number of hydrogen-bond acceptors (Lipinski definition) is 4. The molecule has 0 aliphatic carbocycles. The van der Waals surface area contributed by atoms with Gasteiger partial charge in [0.25, 0.3) is 11.8 Å². The highest BCUT2D eigenvalue weighted by atomic mass is 16.3. The van der Waals surface area contributed by atoms with Crippen LogP contribution in [0.25, 0.3) is 0 Å². The number of nitrogens with zero attached hydrogens (tertiary/aromatic N) is 1. The summed E-state index contributed by atoms with van der Waals surface area (Å²) in [6, 6.07) is 10.6. The maximum atomic E-state index is 12.3. The zero-order chi connectivity index (χ0) is 18.5. The second-order valence-corrected chi connectivity index (χ2v) is 5.93. The summed E-state index contributed by atoms with van der Waals surface area (Å²) in [5.41, 5.74) is 3.44. The maximum Gasteiger partial charge on any atom is 0.255 e. The molecule has 0 bridgehead atoms. The van der Waals surface area contributed by atoms with Gasteiger partial charge in [0.15, 0.2) is 0 Å². The molecule has 2 N–H and O–H groups in total. The number of amides is 2. The summed E-state index contributed by atoms with van der Waals surface area (Å²) in [6.07, 6.45) is 4.80. The van der Waals surface area contributed by atoms with Crippen LogP contribution in [0.1, 0.15) is 37.6 Å². The van der Waals surface area contributed by atoms with Crippen molar-refractivity contribution in [1.82, 2.24) is 10.3 Å². The van der Waals surface area contributed by atoms with E-state index >= 15 is 0 Å². The molecule has 0 atom stereocenters. The largest absolute Gasteiger partial charge is 0.469 e. The van der Waals surface area contributed by atoms with Gasteiger partial charge in [0, 0.05) is 23.9 Å². The van der Waals surface area contributed by atoms with Crippen LogP contribution < -0.4 is 10.6 Å². The molecular weight excluding hydrogens is 330 g/mol. The van der Waals surface area contributed by atoms with Crippen LogP contribution in [0.5, 0.6) is 0 Å². The molecule has 1 aromatic carbocycles. The van der Waals surface area contributed by atoms with Gasteiger partial charge in [0.05, 0.1) is 23.7 Å². The van der Waals surface area contributed by atoms with Crippen molar-refractivity contribution in [2.45, 2.75) is 20.4 Å². The van der Waals surface area contributed by atoms with Crippen molar-refractivity contribution in [2.24, 2.45) is 0 Å². The van der Waals surface area contributed by atoms with Crippen molar-refractivity contribution in [1.29, 1.82) is 0 Å². The molecule has 3 rings (SSSR count). The summed E-state index contributed by atoms with van der Waals surface area (Å²) in [6.45, 7) is 3.96. The highest BCUT2D eigenvalue weighted by Crippen LogP contribution is 2.15. The molecule has 0 radical (unpaired) electrons. The van der Waals surface area contributed by atoms with E-state index in [0.717, 1.165) is 11.1 Å². The summed E-state index contributed by atoms with van der Waals surface area (Å²) in [5.74, 6) is 0.216. The third-order valence-corrected chi connectivity index (χ3v) is 3.97. The SMILES string of the molecule is Cc1coc(C)c1C(=O)NCc1ccc(C(=O)Nc2cccnc2)cc1. The monoisotopic (exact) mass is 349 g/mol. The number of nitrogens with one attached hydrogen (secondary N) is 2. The van der Waals surface area contributed by atoms with Crippen LogP contribution in [0, 0.1) is 13.8 Å². The van der Waals surface area contributed by atoms with Gasteiger partial charge < -0.3 is 15.1 Å². The van der Waals surface area contributed by atoms with E-state index in [1.807, 2.05) is 19.1 Å². The molecule has 0 aliphatic heterocycles. The van der Waals surface area contributed by atoms with Crippen molar-refractivity contribution in [3.05, 3.63) is 83.1 Å². The van der Waals surface area contributed by atoms with Crippen molar-refractivity contribution >= 4 is 17.5 Å². The standard InChI is InChI=1S/C20H19N3O3/c1-13-12-26-14(2)18(13)20(25)22-10-15-5-7-16(8-6-15)19(24)23-17-4-3-9-21-11-17/h3-9,11-12H,10H2,1-2H3,(H,22,25)(H,23,24). The van der Waals surface area contributed by atoms with Crippen molar-refractivity contribution in [3.8, 4) is 0 Å². The van der Waals surface area contributed by atoms with Gasteiger partial charge in [0.2, 0.25) is 0 Å². The second-order valence-electron chi connectivity index (χ2n) is 5.93. The number of carbonyl (C=O) groups is 2. The highest BCUT2D eigenvalue weighted by molar-refractivity contribution is 6.04. The van der Waals surface area contributed by atoms with E-state index in [4.69, 9.17) is 4.42 Å². The Bertz CT molecular complexity index is 896. The Hall–Kier alpha value is -3.41. The summed E-state index contributed by atoms with van der Waals surface area (Å²) in [5, 5.41) is 5.64. The number of aromatic nitrogens is 1. The van der Waals surface area contributed by atoms with Crippen LogP contribution in [0.4, 0.5) is 5.69 Å². The first-order chi connectivity index (χ1) is 12.5. The van der Waals surface area contributed by atoms with Crippen LogP contribution in [0.15, 0.2) is 59.5 Å². The lowest BCUT2D eigenvalue weighted by molar-refractivity contribution is 0.0947. The molecule has 0 saturated carbocycles. The lowest BCUT2D eigenvalue weighted by atomic mass is 10.1. The third kappa shape index (κ3) is 3.97. The van der Waals surface area contributed by atoms with E-state index in [2.05, 4.69) is 15.6 Å². The Morgan fingerprint density at radius 3 is 2.46 bits per heavy atom. The van der Waals surface area contributed by atoms with Gasteiger partial charge in [-0.2, -0.15) is 0 Å². The molecule has 26 heavy (non-hydrogen) atoms. The fourth-order valence-corrected chi connectivity index (χ4v) is 2.60. The molecule has 0 aliphatic rings. The first kappa shape index (κ1) is 17.4. The number of furan rings is 1. The van der Waals surface area contributed by atoms with Gasteiger partial charge in [-0.05, 0) is 43.7 Å². The fraction of sp³-hybridized carbons (Fsp3) is 0.150. The fourth-order valence-electron chi connectivity index (χ4n) is 2.60. The number of hydrogen-bond donors (Lipinski definition) is 2. The van der Waals surface area contributed by atoms with E-state index in [0.29, 0.717) is 29.1 Å². The van der Waals surface area contributed by atoms with Crippen LogP contribution in [-0.2, 0) is 6.54 Å². The van der Waals surface area contributed by atoms with Gasteiger partial charge in [-0.1, -0.05) is 12.1 Å². The third-order valence-electron chi connectivity index (χ3n) is 3.97. The average molecular weight is 349 g/mol. The molecule has 2 amide bonds. The van der Waals surface area contributed by atoms with E-state index in [9.17, 15) is 9.59 Å². The number of anilines is 1. The molecule has 3 aromatic rings. The lowest BCUT2D eigenvalue weighted by Crippen LogP contribution is -2.23. The highest BCUT2D eigenvalue weighted by Gasteiger charge is 2.15. The first-order valence-corrected chi connectivity index (χ1v) is 8.18. The number of carbonyl (C=O) groups excluding carboxylic acids is 2. The number of pyridine rings is 1. The number of rotatable bonds is 5. The van der Waals surface area contributed by atoms with Crippen LogP contribution in [0.3, 0.4) is 0 Å². The van der Waals surface area contributed by atoms with Gasteiger partial charge in [0.1, 0.15) is 5.76 Å². The minimum atomic E-state index is -0.210. The Labute approximate surface area is 151 Å². The van der Waals surface area contributed by atoms with E-state index in [1.165, 1.54) is 0 Å². The number of benzene rings is 1. The molecule has 0 saturated heterocycles. The van der Waals surface area contributed by atoms with Gasteiger partial charge in [-0.25, -0.2) is 0 Å². The van der Waals surface area contributed by atoms with Crippen LogP contribution in [0.2, 0.25) is 0 Å². The first-order valence-electron chi connectivity index (χ1n) is 8.18. The number of aryl methyl sites for hydroxylation is 2. The normalized spacial score (nSPS) is 10.4. The zero-order valence-electron chi connectivity index (χ0n) is 14.6. The van der Waals surface area contributed by atoms with Gasteiger partial charge in [-0.3, -0.25) is 14.6 Å². The molecule has 6 nitrogen and oxygen atoms in total. The van der Waals surface area contributed by atoms with Crippen molar-refractivity contribution < 1.29 is 14.0 Å². The minimum absolute atomic E-state index is 0.174. The second kappa shape index (κ2) is 7.65. The van der Waals surface area contributed by atoms with Crippen LogP contribution >= 0.6 is 0 Å². The Balaban J connectivity index is 1.59. The zero-order valence-corrected chi connectivity index (χ0v) is 14.6. The van der Waals surface area contributed by atoms with Crippen molar-refractivity contribution in [3.63, 3.8) is 0 Å². The summed E-state index contributed by atoms with van der Waals surface area (Å²) in [7, 11) is 0. The molecule has 132 valence electrons. The van der Waals surface area contributed by atoms with Gasteiger partial charge >= 0.3 is 0 Å². The Morgan fingerprint density at radius 2 is 1.85 bits per heavy atom. The molecule has 0 spiro atoms. The van der Waals surface area contributed by atoms with E-state index in [-0.39, 0.29) is 11.8 Å². The molecular formula is C20H19N3O3. The van der Waals surface area contributed by atoms with E-state index < -0.39 is 0 Å². The predicted molar refractivity (Wildman–Crippen MR) is 98.0 cm³/mol. The Morgan fingerprint density at radius 1 is 1.08 bits per heavy atom. The van der Waals surface area contributed by atoms with E-state index in [1.54, 1.807) is 49.8 Å². The summed E-state index contributed by atoms with van der Waals surface area (Å²) < 4.78 is 5.25. The molecule has 0 unspecified atom stereocenters. The lowest BCUT2D eigenvalue weighted by Gasteiger charge is -2.08. The average Bonchev–Trinajstić information content (AvgIpc) is 2.99. The molecule has 2 heterocycles. The molecule has 2 aromatic heterocycles. The summed E-state index contributed by atoms with van der Waals surface area (Å²) >= 11 is 0. The topological polar surface area (TPSA) is 84.2 Å². The maximum absolute atomic E-state index is 12.3. The molecule has 0 fully saturated rings. The smallest absolute Gasteiger partial charge is 0.255 e. The quantitative estimate of drug-likeness (QED) is 0.739. The van der Waals surface area contributed by atoms with Crippen LogP contribution in [-0.4, -0.2) is 16.8 Å².